The molecule has 0 aliphatic carbocycles. The third-order valence-corrected chi connectivity index (χ3v) is 6.16. The molecule has 0 aliphatic rings. The molecule has 0 spiro atoms. The molecule has 0 N–H and O–H groups in total. The highest BCUT2D eigenvalue weighted by molar-refractivity contribution is 7.89. The number of nitrogens with zero attached hydrogens (tertiary/aromatic N) is 1. The van der Waals surface area contributed by atoms with Crippen LogP contribution in [0.25, 0.3) is 10.8 Å². The summed E-state index contributed by atoms with van der Waals surface area (Å²) in [6.45, 7) is 0.104. The zero-order valence-corrected chi connectivity index (χ0v) is 17.1. The molecule has 3 rings (SSSR count). The van der Waals surface area contributed by atoms with Gasteiger partial charge in [-0.15, -0.1) is 0 Å². The van der Waals surface area contributed by atoms with Gasteiger partial charge in [-0.2, -0.15) is 0 Å². The molecular formula is C21H21NO6S. The number of rotatable bonds is 7. The van der Waals surface area contributed by atoms with Crippen LogP contribution < -0.4 is 4.74 Å². The predicted octanol–water partition coefficient (Wildman–Crippen LogP) is 3.39. The molecule has 29 heavy (non-hydrogen) atoms. The van der Waals surface area contributed by atoms with Gasteiger partial charge in [0.1, 0.15) is 12.4 Å². The molecule has 0 heterocycles. The first-order chi connectivity index (χ1) is 13.8. The smallest absolute Gasteiger partial charge is 0.338 e. The van der Waals surface area contributed by atoms with E-state index in [0.717, 1.165) is 26.6 Å². The maximum atomic E-state index is 12.3. The van der Waals surface area contributed by atoms with E-state index >= 15 is 0 Å². The monoisotopic (exact) mass is 415 g/mol. The second-order valence-corrected chi connectivity index (χ2v) is 8.18. The summed E-state index contributed by atoms with van der Waals surface area (Å²) in [5.74, 6) is 0.239. The lowest BCUT2D eigenvalue weighted by atomic mass is 10.1. The standard InChI is InChI=1S/C21H21NO6S/c1-22(27-3)29(24,25)20-10-7-16(8-11-20)21(23)28-14-15-4-5-18-13-19(26-2)9-6-17(18)12-15/h4-13H,14H2,1-3H3. The fourth-order valence-electron chi connectivity index (χ4n) is 2.73. The van der Waals surface area contributed by atoms with E-state index in [9.17, 15) is 13.2 Å². The molecule has 0 aromatic heterocycles. The maximum Gasteiger partial charge on any atom is 0.338 e. The van der Waals surface area contributed by atoms with Crippen LogP contribution in [0.5, 0.6) is 5.75 Å². The first kappa shape index (κ1) is 20.8. The minimum absolute atomic E-state index is 0.0170. The fourth-order valence-corrected chi connectivity index (χ4v) is 3.70. The molecule has 7 nitrogen and oxygen atoms in total. The molecular weight excluding hydrogens is 394 g/mol. The lowest BCUT2D eigenvalue weighted by molar-refractivity contribution is -0.0258. The number of hydrogen-bond donors (Lipinski definition) is 0. The van der Waals surface area contributed by atoms with Crippen molar-refractivity contribution in [2.45, 2.75) is 11.5 Å². The van der Waals surface area contributed by atoms with E-state index in [1.54, 1.807) is 7.11 Å². The predicted molar refractivity (Wildman–Crippen MR) is 108 cm³/mol. The molecule has 0 atom stereocenters. The van der Waals surface area contributed by atoms with Crippen molar-refractivity contribution in [2.24, 2.45) is 0 Å². The van der Waals surface area contributed by atoms with Gasteiger partial charge in [0.25, 0.3) is 10.0 Å². The van der Waals surface area contributed by atoms with E-state index in [0.29, 0.717) is 0 Å². The van der Waals surface area contributed by atoms with Crippen LogP contribution in [0.3, 0.4) is 0 Å². The van der Waals surface area contributed by atoms with Crippen LogP contribution in [-0.2, 0) is 26.2 Å². The number of carbonyl (C=O) groups excluding carboxylic acids is 1. The van der Waals surface area contributed by atoms with Crippen molar-refractivity contribution in [2.75, 3.05) is 21.3 Å². The number of hydroxylamine groups is 1. The minimum atomic E-state index is -3.76. The van der Waals surface area contributed by atoms with E-state index in [1.807, 2.05) is 36.4 Å². The molecule has 0 amide bonds. The van der Waals surface area contributed by atoms with Gasteiger partial charge in [0.05, 0.1) is 24.7 Å². The van der Waals surface area contributed by atoms with Crippen molar-refractivity contribution in [3.8, 4) is 5.75 Å². The number of sulfonamides is 1. The highest BCUT2D eigenvalue weighted by Crippen LogP contribution is 2.22. The first-order valence-electron chi connectivity index (χ1n) is 8.72. The number of fused-ring (bicyclic) bond motifs is 1. The third kappa shape index (κ3) is 4.56. The van der Waals surface area contributed by atoms with Crippen molar-refractivity contribution < 1.29 is 27.5 Å². The number of benzene rings is 3. The van der Waals surface area contributed by atoms with Crippen molar-refractivity contribution >= 4 is 26.8 Å². The second-order valence-electron chi connectivity index (χ2n) is 6.25. The summed E-state index contributed by atoms with van der Waals surface area (Å²) in [6, 6.07) is 17.0. The van der Waals surface area contributed by atoms with Gasteiger partial charge in [0.15, 0.2) is 0 Å². The highest BCUT2D eigenvalue weighted by Gasteiger charge is 2.21. The summed E-state index contributed by atoms with van der Waals surface area (Å²) in [6.07, 6.45) is 0. The van der Waals surface area contributed by atoms with Crippen LogP contribution in [0.1, 0.15) is 15.9 Å². The van der Waals surface area contributed by atoms with Crippen LogP contribution in [0.2, 0.25) is 0 Å². The molecule has 0 unspecified atom stereocenters. The Hall–Kier alpha value is -2.94. The van der Waals surface area contributed by atoms with Crippen LogP contribution in [0, 0.1) is 0 Å². The molecule has 8 heteroatoms. The summed E-state index contributed by atoms with van der Waals surface area (Å²) in [4.78, 5) is 17.0. The first-order valence-corrected chi connectivity index (χ1v) is 10.2. The Kier molecular flexibility index (Phi) is 6.17. The number of hydrogen-bond acceptors (Lipinski definition) is 6. The van der Waals surface area contributed by atoms with E-state index in [2.05, 4.69) is 0 Å². The number of ether oxygens (including phenoxy) is 2. The molecule has 3 aromatic carbocycles. The Balaban J connectivity index is 1.68. The maximum absolute atomic E-state index is 12.3. The fraction of sp³-hybridized carbons (Fsp3) is 0.190. The van der Waals surface area contributed by atoms with Crippen LogP contribution >= 0.6 is 0 Å². The molecule has 0 saturated carbocycles. The van der Waals surface area contributed by atoms with Gasteiger partial charge in [0, 0.05) is 7.05 Å². The van der Waals surface area contributed by atoms with Crippen molar-refractivity contribution in [3.05, 3.63) is 71.8 Å². The molecule has 0 saturated heterocycles. The molecule has 0 fully saturated rings. The Morgan fingerprint density at radius 3 is 2.24 bits per heavy atom. The van der Waals surface area contributed by atoms with Crippen LogP contribution in [0.4, 0.5) is 0 Å². The lowest BCUT2D eigenvalue weighted by Gasteiger charge is -2.14. The number of esters is 1. The molecule has 3 aromatic rings. The summed E-state index contributed by atoms with van der Waals surface area (Å²) in [5.41, 5.74) is 1.10. The molecule has 152 valence electrons. The topological polar surface area (TPSA) is 82.1 Å². The quantitative estimate of drug-likeness (QED) is 0.435. The number of carbonyl (C=O) groups is 1. The average Bonchev–Trinajstić information content (AvgIpc) is 2.76. The van der Waals surface area contributed by atoms with Crippen LogP contribution in [0.15, 0.2) is 65.6 Å². The Morgan fingerprint density at radius 1 is 0.931 bits per heavy atom. The third-order valence-electron chi connectivity index (χ3n) is 4.47. The molecule has 0 radical (unpaired) electrons. The van der Waals surface area contributed by atoms with Gasteiger partial charge in [-0.05, 0) is 58.8 Å². The van der Waals surface area contributed by atoms with Gasteiger partial charge in [-0.25, -0.2) is 13.2 Å². The minimum Gasteiger partial charge on any atom is -0.497 e. The van der Waals surface area contributed by atoms with Crippen LogP contribution in [-0.4, -0.2) is 40.1 Å². The van der Waals surface area contributed by atoms with E-state index < -0.39 is 16.0 Å². The van der Waals surface area contributed by atoms with E-state index in [1.165, 1.54) is 38.4 Å². The molecule has 0 aliphatic heterocycles. The normalized spacial score (nSPS) is 11.6. The summed E-state index contributed by atoms with van der Waals surface area (Å²) in [5, 5.41) is 2.04. The largest absolute Gasteiger partial charge is 0.497 e. The van der Waals surface area contributed by atoms with Gasteiger partial charge >= 0.3 is 5.97 Å². The van der Waals surface area contributed by atoms with Crippen molar-refractivity contribution in [3.63, 3.8) is 0 Å². The summed E-state index contributed by atoms with van der Waals surface area (Å²) in [7, 11) is 0.401. The Bertz CT molecular complexity index is 1130. The summed E-state index contributed by atoms with van der Waals surface area (Å²) < 4.78 is 35.7. The average molecular weight is 415 g/mol. The Morgan fingerprint density at radius 2 is 1.59 bits per heavy atom. The SMILES string of the molecule is COc1ccc2cc(COC(=O)c3ccc(S(=O)(=O)N(C)OC)cc3)ccc2c1. The van der Waals surface area contributed by atoms with Crippen molar-refractivity contribution in [1.82, 2.24) is 4.47 Å². The van der Waals surface area contributed by atoms with E-state index in [-0.39, 0.29) is 17.1 Å². The Labute approximate surface area is 169 Å². The van der Waals surface area contributed by atoms with Gasteiger partial charge in [-0.1, -0.05) is 22.7 Å². The van der Waals surface area contributed by atoms with Crippen molar-refractivity contribution in [1.29, 1.82) is 0 Å². The van der Waals surface area contributed by atoms with Gasteiger partial charge < -0.3 is 9.47 Å². The zero-order chi connectivity index (χ0) is 21.0. The second kappa shape index (κ2) is 8.60. The molecule has 0 bridgehead atoms. The lowest BCUT2D eigenvalue weighted by Crippen LogP contribution is -2.25. The van der Waals surface area contributed by atoms with E-state index in [4.69, 9.17) is 14.3 Å². The summed E-state index contributed by atoms with van der Waals surface area (Å²) >= 11 is 0. The van der Waals surface area contributed by atoms with Gasteiger partial charge in [0.2, 0.25) is 0 Å². The highest BCUT2D eigenvalue weighted by atomic mass is 32.2. The zero-order valence-electron chi connectivity index (χ0n) is 16.3. The van der Waals surface area contributed by atoms with Gasteiger partial charge in [-0.3, -0.25) is 4.84 Å². The number of methoxy groups -OCH3 is 1.